The van der Waals surface area contributed by atoms with Crippen molar-refractivity contribution in [3.63, 3.8) is 0 Å². The summed E-state index contributed by atoms with van der Waals surface area (Å²) >= 11 is 0. The Hall–Kier alpha value is -2.34. The predicted molar refractivity (Wildman–Crippen MR) is 87.8 cm³/mol. The van der Waals surface area contributed by atoms with Gasteiger partial charge in [0.1, 0.15) is 5.75 Å². The third-order valence-corrected chi connectivity index (χ3v) is 3.53. The van der Waals surface area contributed by atoms with Crippen LogP contribution in [0.3, 0.4) is 0 Å². The number of hydrogen-bond acceptors (Lipinski definition) is 5. The molecule has 1 heterocycles. The van der Waals surface area contributed by atoms with Gasteiger partial charge in [-0.05, 0) is 30.7 Å². The SMILES string of the molecule is CCCCCCCOc1ccc(-c2cc(C(=O)NN)no2)cc1. The molecule has 1 amide bonds. The first-order valence-corrected chi connectivity index (χ1v) is 7.95. The molecule has 0 aliphatic carbocycles. The van der Waals surface area contributed by atoms with Crippen LogP contribution in [0.25, 0.3) is 11.3 Å². The molecule has 124 valence electrons. The highest BCUT2D eigenvalue weighted by molar-refractivity contribution is 5.92. The number of nitrogen functional groups attached to an aromatic ring is 1. The van der Waals surface area contributed by atoms with Crippen molar-refractivity contribution in [3.05, 3.63) is 36.0 Å². The van der Waals surface area contributed by atoms with Crippen molar-refractivity contribution in [1.29, 1.82) is 0 Å². The van der Waals surface area contributed by atoms with E-state index in [9.17, 15) is 4.79 Å². The van der Waals surface area contributed by atoms with Crippen LogP contribution in [-0.2, 0) is 0 Å². The number of hydrogen-bond donors (Lipinski definition) is 2. The standard InChI is InChI=1S/C17H23N3O3/c1-2-3-4-5-6-11-22-14-9-7-13(8-10-14)16-12-15(20-23-16)17(21)19-18/h7-10,12H,2-6,11,18H2,1H3,(H,19,21). The van der Waals surface area contributed by atoms with Crippen LogP contribution in [0, 0.1) is 0 Å². The summed E-state index contributed by atoms with van der Waals surface area (Å²) in [6, 6.07) is 9.05. The van der Waals surface area contributed by atoms with Gasteiger partial charge in [-0.3, -0.25) is 10.2 Å². The minimum absolute atomic E-state index is 0.148. The Bertz CT molecular complexity index is 608. The summed E-state index contributed by atoms with van der Waals surface area (Å²) in [6.07, 6.45) is 6.08. The molecule has 0 radical (unpaired) electrons. The number of nitrogens with zero attached hydrogens (tertiary/aromatic N) is 1. The zero-order valence-corrected chi connectivity index (χ0v) is 13.4. The van der Waals surface area contributed by atoms with Crippen molar-refractivity contribution in [2.75, 3.05) is 6.61 Å². The zero-order chi connectivity index (χ0) is 16.5. The van der Waals surface area contributed by atoms with Crippen molar-refractivity contribution in [2.45, 2.75) is 39.0 Å². The van der Waals surface area contributed by atoms with E-state index >= 15 is 0 Å². The van der Waals surface area contributed by atoms with E-state index in [1.54, 1.807) is 6.07 Å². The second kappa shape index (κ2) is 8.95. The van der Waals surface area contributed by atoms with E-state index in [2.05, 4.69) is 12.1 Å². The Morgan fingerprint density at radius 2 is 1.96 bits per heavy atom. The molecule has 0 saturated heterocycles. The van der Waals surface area contributed by atoms with Gasteiger partial charge in [0.15, 0.2) is 11.5 Å². The number of nitrogens with two attached hydrogens (primary N) is 1. The average Bonchev–Trinajstić information content (AvgIpc) is 3.08. The molecule has 0 saturated carbocycles. The number of unbranched alkanes of at least 4 members (excludes halogenated alkanes) is 4. The number of hydrazine groups is 1. The molecule has 2 rings (SSSR count). The maximum atomic E-state index is 11.3. The Morgan fingerprint density at radius 3 is 2.65 bits per heavy atom. The fraction of sp³-hybridized carbons (Fsp3) is 0.412. The summed E-state index contributed by atoms with van der Waals surface area (Å²) in [7, 11) is 0. The number of ether oxygens (including phenoxy) is 1. The maximum Gasteiger partial charge on any atom is 0.287 e. The molecule has 0 aliphatic heterocycles. The predicted octanol–water partition coefficient (Wildman–Crippen LogP) is 3.29. The third kappa shape index (κ3) is 5.10. The molecule has 0 atom stereocenters. The van der Waals surface area contributed by atoms with Gasteiger partial charge in [-0.1, -0.05) is 37.8 Å². The van der Waals surface area contributed by atoms with Gasteiger partial charge in [0.05, 0.1) is 6.61 Å². The highest BCUT2D eigenvalue weighted by Crippen LogP contribution is 2.23. The smallest absolute Gasteiger partial charge is 0.287 e. The van der Waals surface area contributed by atoms with Crippen LogP contribution in [-0.4, -0.2) is 17.7 Å². The lowest BCUT2D eigenvalue weighted by molar-refractivity contribution is 0.0944. The Morgan fingerprint density at radius 1 is 1.22 bits per heavy atom. The van der Waals surface area contributed by atoms with Crippen molar-refractivity contribution >= 4 is 5.91 Å². The molecule has 3 N–H and O–H groups in total. The number of rotatable bonds is 9. The van der Waals surface area contributed by atoms with E-state index in [1.165, 1.54) is 25.7 Å². The Balaban J connectivity index is 1.84. The van der Waals surface area contributed by atoms with Gasteiger partial charge in [-0.25, -0.2) is 5.84 Å². The molecule has 0 spiro atoms. The van der Waals surface area contributed by atoms with Crippen LogP contribution in [0.4, 0.5) is 0 Å². The summed E-state index contributed by atoms with van der Waals surface area (Å²) in [5.74, 6) is 5.91. The van der Waals surface area contributed by atoms with E-state index in [-0.39, 0.29) is 5.69 Å². The molecule has 2 aromatic rings. The highest BCUT2D eigenvalue weighted by atomic mass is 16.5. The van der Waals surface area contributed by atoms with Crippen molar-refractivity contribution in [3.8, 4) is 17.1 Å². The van der Waals surface area contributed by atoms with Crippen LogP contribution < -0.4 is 16.0 Å². The van der Waals surface area contributed by atoms with Crippen LogP contribution in [0.5, 0.6) is 5.75 Å². The summed E-state index contributed by atoms with van der Waals surface area (Å²) in [6.45, 7) is 2.93. The number of aromatic nitrogens is 1. The monoisotopic (exact) mass is 317 g/mol. The normalized spacial score (nSPS) is 10.5. The summed E-state index contributed by atoms with van der Waals surface area (Å²) in [5.41, 5.74) is 2.99. The first-order chi connectivity index (χ1) is 11.2. The highest BCUT2D eigenvalue weighted by Gasteiger charge is 2.12. The fourth-order valence-electron chi connectivity index (χ4n) is 2.20. The quantitative estimate of drug-likeness (QED) is 0.320. The Kier molecular flexibility index (Phi) is 6.62. The van der Waals surface area contributed by atoms with Crippen LogP contribution in [0.1, 0.15) is 49.5 Å². The van der Waals surface area contributed by atoms with Crippen LogP contribution >= 0.6 is 0 Å². The molecule has 6 nitrogen and oxygen atoms in total. The molecule has 0 unspecified atom stereocenters. The van der Waals surface area contributed by atoms with Crippen LogP contribution in [0.15, 0.2) is 34.9 Å². The lowest BCUT2D eigenvalue weighted by Crippen LogP contribution is -2.30. The molecule has 0 bridgehead atoms. The molecular weight excluding hydrogens is 294 g/mol. The minimum atomic E-state index is -0.483. The maximum absolute atomic E-state index is 11.3. The van der Waals surface area contributed by atoms with Gasteiger partial charge in [0.25, 0.3) is 5.91 Å². The number of carbonyl (C=O) groups excluding carboxylic acids is 1. The van der Waals surface area contributed by atoms with Gasteiger partial charge in [0.2, 0.25) is 0 Å². The molecule has 0 fully saturated rings. The van der Waals surface area contributed by atoms with E-state index in [4.69, 9.17) is 15.1 Å². The second-order valence-corrected chi connectivity index (χ2v) is 5.34. The topological polar surface area (TPSA) is 90.4 Å². The lowest BCUT2D eigenvalue weighted by Gasteiger charge is -2.06. The zero-order valence-electron chi connectivity index (χ0n) is 13.4. The minimum Gasteiger partial charge on any atom is -0.494 e. The number of nitrogens with one attached hydrogen (secondary N) is 1. The summed E-state index contributed by atoms with van der Waals surface area (Å²) in [4.78, 5) is 11.3. The molecule has 23 heavy (non-hydrogen) atoms. The van der Waals surface area contributed by atoms with Crippen molar-refractivity contribution in [1.82, 2.24) is 10.6 Å². The second-order valence-electron chi connectivity index (χ2n) is 5.34. The lowest BCUT2D eigenvalue weighted by atomic mass is 10.1. The molecular formula is C17H23N3O3. The third-order valence-electron chi connectivity index (χ3n) is 3.53. The number of benzene rings is 1. The van der Waals surface area contributed by atoms with Gasteiger partial charge >= 0.3 is 0 Å². The van der Waals surface area contributed by atoms with Gasteiger partial charge in [-0.2, -0.15) is 0 Å². The Labute approximate surface area is 136 Å². The summed E-state index contributed by atoms with van der Waals surface area (Å²) in [5, 5.41) is 3.67. The van der Waals surface area contributed by atoms with Crippen molar-refractivity contribution in [2.24, 2.45) is 5.84 Å². The molecule has 1 aromatic heterocycles. The average molecular weight is 317 g/mol. The first kappa shape index (κ1) is 17.0. The van der Waals surface area contributed by atoms with Gasteiger partial charge in [-0.15, -0.1) is 0 Å². The molecule has 6 heteroatoms. The first-order valence-electron chi connectivity index (χ1n) is 7.95. The van der Waals surface area contributed by atoms with E-state index in [0.717, 1.165) is 24.3 Å². The fourth-order valence-corrected chi connectivity index (χ4v) is 2.20. The van der Waals surface area contributed by atoms with Crippen molar-refractivity contribution < 1.29 is 14.1 Å². The number of amides is 1. The van der Waals surface area contributed by atoms with E-state index in [0.29, 0.717) is 5.76 Å². The van der Waals surface area contributed by atoms with E-state index in [1.807, 2.05) is 29.7 Å². The van der Waals surface area contributed by atoms with Gasteiger partial charge < -0.3 is 9.26 Å². The largest absolute Gasteiger partial charge is 0.494 e. The van der Waals surface area contributed by atoms with Gasteiger partial charge in [0, 0.05) is 11.6 Å². The van der Waals surface area contributed by atoms with E-state index < -0.39 is 5.91 Å². The molecule has 1 aromatic carbocycles. The number of carbonyl (C=O) groups is 1. The summed E-state index contributed by atoms with van der Waals surface area (Å²) < 4.78 is 10.9. The molecule has 0 aliphatic rings. The van der Waals surface area contributed by atoms with Crippen LogP contribution in [0.2, 0.25) is 0 Å².